The lowest BCUT2D eigenvalue weighted by atomic mass is 9.94. The molecule has 3 rings (SSSR count). The Balaban J connectivity index is 1.72. The minimum Gasteiger partial charge on any atom is -0.388 e. The number of hydrogen-bond donors (Lipinski definition) is 8. The van der Waals surface area contributed by atoms with E-state index < -0.39 is 92.1 Å². The van der Waals surface area contributed by atoms with Gasteiger partial charge < -0.3 is 64.5 Å². The second-order valence-corrected chi connectivity index (χ2v) is 9.01. The Labute approximate surface area is 197 Å². The van der Waals surface area contributed by atoms with E-state index in [1.54, 1.807) is 20.8 Å². The van der Waals surface area contributed by atoms with Crippen LogP contribution in [0.25, 0.3) is 0 Å². The molecule has 0 amide bonds. The van der Waals surface area contributed by atoms with Gasteiger partial charge in [0.1, 0.15) is 54.9 Å². The summed E-state index contributed by atoms with van der Waals surface area (Å²) in [6.07, 6.45) is -19.3. The summed E-state index contributed by atoms with van der Waals surface area (Å²) >= 11 is 0. The van der Waals surface area contributed by atoms with Gasteiger partial charge in [0.2, 0.25) is 0 Å². The molecule has 34 heavy (non-hydrogen) atoms. The molecule has 8 N–H and O–H groups in total. The minimum absolute atomic E-state index is 0.280. The second-order valence-electron chi connectivity index (χ2n) is 9.01. The average molecular weight is 499 g/mol. The Morgan fingerprint density at radius 2 is 0.882 bits per heavy atom. The Morgan fingerprint density at radius 1 is 0.471 bits per heavy atom. The molecule has 3 aliphatic rings. The fourth-order valence-corrected chi connectivity index (χ4v) is 4.61. The molecule has 13 heteroatoms. The molecule has 0 aromatic heterocycles. The van der Waals surface area contributed by atoms with Crippen LogP contribution < -0.4 is 0 Å². The van der Waals surface area contributed by atoms with Crippen LogP contribution in [0.5, 0.6) is 0 Å². The molecule has 0 aliphatic carbocycles. The smallest absolute Gasteiger partial charge is 0.187 e. The first-order chi connectivity index (χ1) is 16.0. The van der Waals surface area contributed by atoms with Crippen molar-refractivity contribution in [2.75, 3.05) is 0 Å². The third kappa shape index (κ3) is 5.42. The molecule has 0 saturated carbocycles. The molecule has 0 radical (unpaired) electrons. The van der Waals surface area contributed by atoms with Gasteiger partial charge in [-0.25, -0.2) is 0 Å². The zero-order chi connectivity index (χ0) is 25.3. The van der Waals surface area contributed by atoms with Crippen LogP contribution in [0.3, 0.4) is 0 Å². The first-order valence-electron chi connectivity index (χ1n) is 11.8. The van der Waals surface area contributed by atoms with Gasteiger partial charge in [-0.15, -0.1) is 0 Å². The van der Waals surface area contributed by atoms with E-state index in [9.17, 15) is 40.9 Å². The predicted molar refractivity (Wildman–Crippen MR) is 111 cm³/mol. The van der Waals surface area contributed by atoms with Crippen LogP contribution in [0.15, 0.2) is 0 Å². The molecule has 200 valence electrons. The van der Waals surface area contributed by atoms with Gasteiger partial charge in [0.05, 0.1) is 18.3 Å². The summed E-state index contributed by atoms with van der Waals surface area (Å²) in [5.74, 6) is 0. The Morgan fingerprint density at radius 3 is 1.38 bits per heavy atom. The maximum absolute atomic E-state index is 10.8. The van der Waals surface area contributed by atoms with E-state index in [1.807, 2.05) is 0 Å². The van der Waals surface area contributed by atoms with Gasteiger partial charge >= 0.3 is 0 Å². The second kappa shape index (κ2) is 11.7. The van der Waals surface area contributed by atoms with Gasteiger partial charge in [-0.3, -0.25) is 0 Å². The lowest BCUT2D eigenvalue weighted by molar-refractivity contribution is -0.374. The zero-order valence-corrected chi connectivity index (χ0v) is 19.4. The minimum atomic E-state index is -1.67. The molecule has 0 unspecified atom stereocenters. The molecular weight excluding hydrogens is 460 g/mol. The fraction of sp³-hybridized carbons (Fsp3) is 1.00. The first-order valence-corrected chi connectivity index (χ1v) is 11.8. The highest BCUT2D eigenvalue weighted by Crippen LogP contribution is 2.33. The third-order valence-electron chi connectivity index (χ3n) is 6.76. The number of ether oxygens (including phenoxy) is 5. The van der Waals surface area contributed by atoms with Crippen molar-refractivity contribution in [3.05, 3.63) is 0 Å². The monoisotopic (exact) mass is 498 g/mol. The normalized spacial score (nSPS) is 52.5. The van der Waals surface area contributed by atoms with Crippen molar-refractivity contribution in [2.45, 2.75) is 132 Å². The van der Waals surface area contributed by atoms with E-state index >= 15 is 0 Å². The molecule has 3 heterocycles. The quantitative estimate of drug-likeness (QED) is 0.173. The van der Waals surface area contributed by atoms with Crippen LogP contribution in [0.1, 0.15) is 40.0 Å². The van der Waals surface area contributed by atoms with Crippen molar-refractivity contribution < 1.29 is 64.5 Å². The van der Waals surface area contributed by atoms with Crippen LogP contribution in [0, 0.1) is 0 Å². The lowest BCUT2D eigenvalue weighted by Crippen LogP contribution is -2.65. The molecular formula is C21H38O13. The summed E-state index contributed by atoms with van der Waals surface area (Å²) in [5.41, 5.74) is 0. The van der Waals surface area contributed by atoms with Crippen LogP contribution >= 0.6 is 0 Å². The first kappa shape index (κ1) is 28.1. The van der Waals surface area contributed by atoms with Crippen molar-refractivity contribution in [3.8, 4) is 0 Å². The highest BCUT2D eigenvalue weighted by molar-refractivity contribution is 4.95. The van der Waals surface area contributed by atoms with Crippen molar-refractivity contribution in [1.82, 2.24) is 0 Å². The molecule has 0 aromatic carbocycles. The number of rotatable bonds is 7. The summed E-state index contributed by atoms with van der Waals surface area (Å²) in [5, 5.41) is 82.0. The Kier molecular flexibility index (Phi) is 9.64. The zero-order valence-electron chi connectivity index (χ0n) is 19.4. The number of aliphatic hydroxyl groups excluding tert-OH is 8. The molecule has 13 nitrogen and oxygen atoms in total. The van der Waals surface area contributed by atoms with Crippen LogP contribution in [0.2, 0.25) is 0 Å². The average Bonchev–Trinajstić information content (AvgIpc) is 2.83. The summed E-state index contributed by atoms with van der Waals surface area (Å²) in [4.78, 5) is 0. The van der Waals surface area contributed by atoms with Gasteiger partial charge in [-0.2, -0.15) is 0 Å². The molecule has 3 aliphatic heterocycles. The van der Waals surface area contributed by atoms with Crippen LogP contribution in [-0.4, -0.2) is 133 Å². The Bertz CT molecular complexity index is 634. The SMILES string of the molecule is CC[C@H]1O[C@@H](O[C@@H]2[C@H](O)[C@H](O)[C@H](O[C@@H]3[C@H](O)[C@H](O)[C@H](O)O[C@@H]3CC)O[C@@H]2CC)[C@@H](O)[C@@H](O)[C@H]1O. The molecule has 3 fully saturated rings. The van der Waals surface area contributed by atoms with Gasteiger partial charge in [0.25, 0.3) is 0 Å². The number of aliphatic hydroxyl groups is 8. The van der Waals surface area contributed by atoms with Crippen molar-refractivity contribution in [2.24, 2.45) is 0 Å². The lowest BCUT2D eigenvalue weighted by Gasteiger charge is -2.48. The maximum Gasteiger partial charge on any atom is 0.187 e. The van der Waals surface area contributed by atoms with Crippen molar-refractivity contribution in [3.63, 3.8) is 0 Å². The van der Waals surface area contributed by atoms with E-state index in [0.717, 1.165) is 0 Å². The van der Waals surface area contributed by atoms with E-state index in [2.05, 4.69) is 0 Å². The molecule has 3 saturated heterocycles. The summed E-state index contributed by atoms with van der Waals surface area (Å²) in [6.45, 7) is 5.16. The molecule has 0 bridgehead atoms. The maximum atomic E-state index is 10.8. The van der Waals surface area contributed by atoms with E-state index in [-0.39, 0.29) is 6.42 Å². The third-order valence-corrected chi connectivity index (χ3v) is 6.76. The summed E-state index contributed by atoms with van der Waals surface area (Å²) < 4.78 is 28.1. The van der Waals surface area contributed by atoms with Crippen molar-refractivity contribution >= 4 is 0 Å². The van der Waals surface area contributed by atoms with Gasteiger partial charge in [0.15, 0.2) is 18.9 Å². The van der Waals surface area contributed by atoms with E-state index in [4.69, 9.17) is 23.7 Å². The summed E-state index contributed by atoms with van der Waals surface area (Å²) in [7, 11) is 0. The predicted octanol–water partition coefficient (Wildman–Crippen LogP) is -3.32. The fourth-order valence-electron chi connectivity index (χ4n) is 4.61. The molecule has 0 spiro atoms. The van der Waals surface area contributed by atoms with Crippen LogP contribution in [-0.2, 0) is 23.7 Å². The number of hydrogen-bond acceptors (Lipinski definition) is 13. The van der Waals surface area contributed by atoms with E-state index in [1.165, 1.54) is 0 Å². The van der Waals surface area contributed by atoms with Crippen LogP contribution in [0.4, 0.5) is 0 Å². The highest BCUT2D eigenvalue weighted by atomic mass is 16.7. The van der Waals surface area contributed by atoms with Gasteiger partial charge in [-0.05, 0) is 19.3 Å². The van der Waals surface area contributed by atoms with E-state index in [0.29, 0.717) is 12.8 Å². The molecule has 15 atom stereocenters. The highest BCUT2D eigenvalue weighted by Gasteiger charge is 2.52. The topological polar surface area (TPSA) is 208 Å². The summed E-state index contributed by atoms with van der Waals surface area (Å²) in [6, 6.07) is 0. The van der Waals surface area contributed by atoms with Gasteiger partial charge in [0, 0.05) is 0 Å². The van der Waals surface area contributed by atoms with Crippen molar-refractivity contribution in [1.29, 1.82) is 0 Å². The Hall–Kier alpha value is -0.520. The standard InChI is InChI=1S/C21H38O13/c1-4-7-10(22)11(23)15(27)20(31-7)34-18-9(6-3)32-21(16(28)13(18)25)33-17-8(5-2)30-19(29)14(26)12(17)24/h7-29H,4-6H2,1-3H3/t7-,8-,9-,10+,11+,12-,13-,14+,15+,16+,17+,18+,19-,20+,21+/m1/s1. The molecule has 0 aromatic rings. The van der Waals surface area contributed by atoms with Gasteiger partial charge in [-0.1, -0.05) is 20.8 Å². The largest absolute Gasteiger partial charge is 0.388 e.